The van der Waals surface area contributed by atoms with E-state index in [2.05, 4.69) is 0 Å². The summed E-state index contributed by atoms with van der Waals surface area (Å²) >= 11 is 0. The van der Waals surface area contributed by atoms with Crippen LogP contribution in [0.4, 0.5) is 4.39 Å². The Morgan fingerprint density at radius 1 is 1.32 bits per heavy atom. The number of hydrogen-bond donors (Lipinski definition) is 3. The minimum Gasteiger partial charge on any atom is -0.341 e. The number of nitrogens with one attached hydrogen (secondary N) is 1. The number of nitrogens with two attached hydrogens (primary N) is 1. The van der Waals surface area contributed by atoms with E-state index >= 15 is 0 Å². The van der Waals surface area contributed by atoms with E-state index in [4.69, 9.17) is 10.9 Å². The number of carbonyl (C=O) groups is 2. The molecule has 138 valence electrons. The molecule has 4 N–H and O–H groups in total. The maximum atomic E-state index is 13.7. The molecule has 1 aliphatic heterocycles. The summed E-state index contributed by atoms with van der Waals surface area (Å²) < 4.78 is 13.7. The van der Waals surface area contributed by atoms with Crippen molar-refractivity contribution in [3.8, 4) is 0 Å². The van der Waals surface area contributed by atoms with Crippen LogP contribution in [-0.2, 0) is 16.0 Å². The second-order valence-corrected chi connectivity index (χ2v) is 6.60. The van der Waals surface area contributed by atoms with Crippen LogP contribution in [0.15, 0.2) is 24.3 Å². The van der Waals surface area contributed by atoms with Crippen LogP contribution in [0.25, 0.3) is 0 Å². The summed E-state index contributed by atoms with van der Waals surface area (Å²) in [6.07, 6.45) is 3.87. The van der Waals surface area contributed by atoms with Gasteiger partial charge in [0.15, 0.2) is 0 Å². The highest BCUT2D eigenvalue weighted by Crippen LogP contribution is 2.23. The molecule has 0 bridgehead atoms. The molecule has 1 heterocycles. The lowest BCUT2D eigenvalue weighted by atomic mass is 9.91. The van der Waals surface area contributed by atoms with E-state index in [1.165, 1.54) is 6.07 Å². The number of likely N-dealkylation sites (tertiary alicyclic amines) is 1. The Morgan fingerprint density at radius 2 is 2.00 bits per heavy atom. The van der Waals surface area contributed by atoms with Gasteiger partial charge >= 0.3 is 0 Å². The molecule has 2 amide bonds. The molecule has 0 aliphatic carbocycles. The molecular formula is C18H26FN3O3. The minimum atomic E-state index is -0.735. The largest absolute Gasteiger partial charge is 0.341 e. The van der Waals surface area contributed by atoms with Crippen molar-refractivity contribution >= 4 is 11.8 Å². The number of hydrogen-bond acceptors (Lipinski definition) is 4. The Labute approximate surface area is 147 Å². The van der Waals surface area contributed by atoms with Gasteiger partial charge in [0.05, 0.1) is 6.04 Å². The van der Waals surface area contributed by atoms with Crippen LogP contribution in [0.1, 0.15) is 37.7 Å². The Balaban J connectivity index is 1.75. The fraction of sp³-hybridized carbons (Fsp3) is 0.556. The molecule has 7 heteroatoms. The summed E-state index contributed by atoms with van der Waals surface area (Å²) in [5, 5.41) is 8.46. The molecule has 1 fully saturated rings. The number of carbonyl (C=O) groups excluding carboxylic acids is 2. The molecule has 1 saturated heterocycles. The van der Waals surface area contributed by atoms with Crippen LogP contribution in [0.5, 0.6) is 0 Å². The Hall–Kier alpha value is -1.99. The zero-order valence-electron chi connectivity index (χ0n) is 14.3. The quantitative estimate of drug-likeness (QED) is 0.514. The van der Waals surface area contributed by atoms with Gasteiger partial charge in [-0.05, 0) is 49.7 Å². The van der Waals surface area contributed by atoms with Crippen molar-refractivity contribution in [1.82, 2.24) is 10.4 Å². The summed E-state index contributed by atoms with van der Waals surface area (Å²) in [6, 6.07) is 5.63. The average molecular weight is 351 g/mol. The number of amides is 2. The van der Waals surface area contributed by atoms with Crippen LogP contribution in [0, 0.1) is 11.7 Å². The van der Waals surface area contributed by atoms with Gasteiger partial charge in [-0.25, -0.2) is 9.87 Å². The summed E-state index contributed by atoms with van der Waals surface area (Å²) in [5.74, 6) is -0.372. The molecule has 0 radical (unpaired) electrons. The van der Waals surface area contributed by atoms with Crippen LogP contribution in [0.2, 0.25) is 0 Å². The van der Waals surface area contributed by atoms with E-state index < -0.39 is 6.04 Å². The van der Waals surface area contributed by atoms with Gasteiger partial charge in [0.25, 0.3) is 0 Å². The van der Waals surface area contributed by atoms with Crippen molar-refractivity contribution in [2.45, 2.75) is 44.6 Å². The lowest BCUT2D eigenvalue weighted by molar-refractivity contribution is -0.134. The third-order valence-electron chi connectivity index (χ3n) is 4.78. The monoisotopic (exact) mass is 351 g/mol. The molecular weight excluding hydrogens is 325 g/mol. The highest BCUT2D eigenvalue weighted by molar-refractivity contribution is 5.82. The van der Waals surface area contributed by atoms with Gasteiger partial charge in [0.2, 0.25) is 11.8 Å². The molecule has 25 heavy (non-hydrogen) atoms. The van der Waals surface area contributed by atoms with Crippen molar-refractivity contribution in [1.29, 1.82) is 0 Å². The summed E-state index contributed by atoms with van der Waals surface area (Å²) in [7, 11) is 0. The third kappa shape index (κ3) is 5.79. The van der Waals surface area contributed by atoms with E-state index in [-0.39, 0.29) is 24.1 Å². The molecule has 1 aromatic carbocycles. The van der Waals surface area contributed by atoms with Crippen molar-refractivity contribution in [2.75, 3.05) is 13.1 Å². The lowest BCUT2D eigenvalue weighted by Crippen LogP contribution is -2.48. The number of halogens is 1. The number of hydroxylamine groups is 1. The number of rotatable bonds is 7. The van der Waals surface area contributed by atoms with Crippen molar-refractivity contribution in [3.05, 3.63) is 35.6 Å². The van der Waals surface area contributed by atoms with Gasteiger partial charge in [0, 0.05) is 19.5 Å². The predicted octanol–water partition coefficient (Wildman–Crippen LogP) is 1.61. The summed E-state index contributed by atoms with van der Waals surface area (Å²) in [6.45, 7) is 1.28. The smallest absolute Gasteiger partial charge is 0.243 e. The molecule has 0 aromatic heterocycles. The van der Waals surface area contributed by atoms with Crippen molar-refractivity contribution in [3.63, 3.8) is 0 Å². The molecule has 2 rings (SSSR count). The third-order valence-corrected chi connectivity index (χ3v) is 4.78. The highest BCUT2D eigenvalue weighted by atomic mass is 19.1. The maximum Gasteiger partial charge on any atom is 0.243 e. The van der Waals surface area contributed by atoms with E-state index in [9.17, 15) is 14.0 Å². The number of benzene rings is 1. The molecule has 1 atom stereocenters. The van der Waals surface area contributed by atoms with Crippen LogP contribution < -0.4 is 11.2 Å². The normalized spacial score (nSPS) is 16.5. The molecule has 1 aromatic rings. The molecule has 1 aliphatic rings. The fourth-order valence-corrected chi connectivity index (χ4v) is 3.27. The summed E-state index contributed by atoms with van der Waals surface area (Å²) in [5.41, 5.74) is 8.07. The first-order valence-corrected chi connectivity index (χ1v) is 8.72. The highest BCUT2D eigenvalue weighted by Gasteiger charge is 2.26. The van der Waals surface area contributed by atoms with Gasteiger partial charge in [-0.15, -0.1) is 0 Å². The Kier molecular flexibility index (Phi) is 7.33. The van der Waals surface area contributed by atoms with Gasteiger partial charge in [0.1, 0.15) is 5.82 Å². The average Bonchev–Trinajstić information content (AvgIpc) is 2.63. The topological polar surface area (TPSA) is 95.7 Å². The molecule has 6 nitrogen and oxygen atoms in total. The van der Waals surface area contributed by atoms with Crippen LogP contribution in [0.3, 0.4) is 0 Å². The first-order chi connectivity index (χ1) is 12.0. The fourth-order valence-electron chi connectivity index (χ4n) is 3.27. The minimum absolute atomic E-state index is 0.138. The van der Waals surface area contributed by atoms with E-state index in [0.717, 1.165) is 25.7 Å². The molecule has 0 saturated carbocycles. The van der Waals surface area contributed by atoms with Crippen LogP contribution in [-0.4, -0.2) is 41.1 Å². The Morgan fingerprint density at radius 3 is 2.64 bits per heavy atom. The first-order valence-electron chi connectivity index (χ1n) is 8.72. The zero-order chi connectivity index (χ0) is 18.2. The van der Waals surface area contributed by atoms with E-state index in [1.807, 2.05) is 0 Å². The second-order valence-electron chi connectivity index (χ2n) is 6.60. The van der Waals surface area contributed by atoms with Gasteiger partial charge in [-0.3, -0.25) is 14.8 Å². The van der Waals surface area contributed by atoms with Gasteiger partial charge < -0.3 is 10.6 Å². The lowest BCUT2D eigenvalue weighted by Gasteiger charge is -2.33. The predicted molar refractivity (Wildman–Crippen MR) is 91.2 cm³/mol. The number of nitrogens with zero attached hydrogens (tertiary/aromatic N) is 1. The molecule has 0 spiro atoms. The maximum absolute atomic E-state index is 13.7. The SMILES string of the molecule is NC(Cc1ccccc1F)C(=O)N1CCC(CCCC(=O)NO)CC1. The first kappa shape index (κ1) is 19.3. The van der Waals surface area contributed by atoms with Gasteiger partial charge in [-0.1, -0.05) is 18.2 Å². The van der Waals surface area contributed by atoms with Crippen molar-refractivity contribution in [2.24, 2.45) is 11.7 Å². The van der Waals surface area contributed by atoms with Crippen molar-refractivity contribution < 1.29 is 19.2 Å². The van der Waals surface area contributed by atoms with E-state index in [0.29, 0.717) is 31.0 Å². The zero-order valence-corrected chi connectivity index (χ0v) is 14.3. The van der Waals surface area contributed by atoms with E-state index in [1.54, 1.807) is 28.6 Å². The second kappa shape index (κ2) is 9.48. The standard InChI is InChI=1S/C18H26FN3O3/c19-15-6-2-1-5-14(15)12-16(20)18(24)22-10-8-13(9-11-22)4-3-7-17(23)21-25/h1-2,5-6,13,16,25H,3-4,7-12,20H2,(H,21,23). The molecule has 1 unspecified atom stereocenters. The van der Waals surface area contributed by atoms with Crippen LogP contribution >= 0.6 is 0 Å². The summed E-state index contributed by atoms with van der Waals surface area (Å²) in [4.78, 5) is 25.2. The van der Waals surface area contributed by atoms with Gasteiger partial charge in [-0.2, -0.15) is 0 Å². The Bertz CT molecular complexity index is 589. The number of piperidine rings is 1.